The van der Waals surface area contributed by atoms with Gasteiger partial charge in [-0.25, -0.2) is 13.1 Å². The zero-order valence-corrected chi connectivity index (χ0v) is 14.4. The van der Waals surface area contributed by atoms with Crippen LogP contribution in [0.3, 0.4) is 0 Å². The Hall–Kier alpha value is -0.430. The summed E-state index contributed by atoms with van der Waals surface area (Å²) in [6.07, 6.45) is 2.80. The summed E-state index contributed by atoms with van der Waals surface area (Å²) in [6.45, 7) is 7.06. The van der Waals surface area contributed by atoms with Gasteiger partial charge in [0.1, 0.15) is 4.21 Å². The van der Waals surface area contributed by atoms with E-state index in [9.17, 15) is 8.42 Å². The Balaban J connectivity index is 2.66. The zero-order chi connectivity index (χ0) is 15.2. The third kappa shape index (κ3) is 5.52. The third-order valence-electron chi connectivity index (χ3n) is 3.33. The third-order valence-corrected chi connectivity index (χ3v) is 6.56. The summed E-state index contributed by atoms with van der Waals surface area (Å²) in [6, 6.07) is 3.57. The Bertz CT molecular complexity index is 497. The fourth-order valence-corrected chi connectivity index (χ4v) is 4.65. The summed E-state index contributed by atoms with van der Waals surface area (Å²) >= 11 is 1.36. The van der Waals surface area contributed by atoms with Gasteiger partial charge in [0.05, 0.1) is 0 Å². The van der Waals surface area contributed by atoms with Crippen molar-refractivity contribution >= 4 is 21.4 Å². The van der Waals surface area contributed by atoms with Gasteiger partial charge >= 0.3 is 0 Å². The molecule has 0 radical (unpaired) electrons. The molecule has 6 heteroatoms. The molecule has 116 valence electrons. The van der Waals surface area contributed by atoms with Crippen LogP contribution < -0.4 is 10.0 Å². The molecular formula is C14H26N2O2S2. The Morgan fingerprint density at radius 1 is 1.30 bits per heavy atom. The van der Waals surface area contributed by atoms with E-state index in [1.54, 1.807) is 6.07 Å². The predicted octanol–water partition coefficient (Wildman–Crippen LogP) is 2.61. The van der Waals surface area contributed by atoms with Crippen molar-refractivity contribution in [2.75, 3.05) is 13.6 Å². The quantitative estimate of drug-likeness (QED) is 0.736. The number of rotatable bonds is 9. The molecule has 2 atom stereocenters. The summed E-state index contributed by atoms with van der Waals surface area (Å²) in [4.78, 5) is 1.09. The van der Waals surface area contributed by atoms with Gasteiger partial charge in [-0.15, -0.1) is 11.3 Å². The van der Waals surface area contributed by atoms with Crippen LogP contribution in [0.25, 0.3) is 0 Å². The highest BCUT2D eigenvalue weighted by molar-refractivity contribution is 7.91. The number of nitrogens with one attached hydrogen (secondary N) is 2. The second-order valence-corrected chi connectivity index (χ2v) is 8.45. The van der Waals surface area contributed by atoms with Crippen molar-refractivity contribution in [2.45, 2.75) is 50.3 Å². The molecule has 0 saturated heterocycles. The molecule has 0 amide bonds. The number of likely N-dealkylation sites (N-methyl/N-ethyl adjacent to an activating group) is 1. The van der Waals surface area contributed by atoms with Crippen LogP contribution in [0.1, 0.15) is 38.5 Å². The molecule has 0 aliphatic heterocycles. The van der Waals surface area contributed by atoms with Crippen LogP contribution in [-0.2, 0) is 16.4 Å². The summed E-state index contributed by atoms with van der Waals surface area (Å²) in [5.74, 6) is 0.530. The van der Waals surface area contributed by atoms with E-state index in [1.165, 1.54) is 11.3 Å². The van der Waals surface area contributed by atoms with Gasteiger partial charge in [-0.1, -0.05) is 20.3 Å². The van der Waals surface area contributed by atoms with E-state index < -0.39 is 10.0 Å². The molecule has 0 spiro atoms. The van der Waals surface area contributed by atoms with Gasteiger partial charge < -0.3 is 5.32 Å². The minimum atomic E-state index is -3.37. The van der Waals surface area contributed by atoms with E-state index in [-0.39, 0.29) is 6.04 Å². The fraction of sp³-hybridized carbons (Fsp3) is 0.714. The lowest BCUT2D eigenvalue weighted by Gasteiger charge is -2.16. The lowest BCUT2D eigenvalue weighted by atomic mass is 10.0. The van der Waals surface area contributed by atoms with E-state index in [4.69, 9.17) is 0 Å². The van der Waals surface area contributed by atoms with Gasteiger partial charge in [-0.2, -0.15) is 0 Å². The maximum atomic E-state index is 12.3. The fourth-order valence-electron chi connectivity index (χ4n) is 2.03. The highest BCUT2D eigenvalue weighted by Gasteiger charge is 2.20. The minimum absolute atomic E-state index is 0.0298. The number of hydrogen-bond acceptors (Lipinski definition) is 4. The van der Waals surface area contributed by atoms with E-state index in [1.807, 2.05) is 20.0 Å². The molecule has 1 heterocycles. The van der Waals surface area contributed by atoms with Crippen molar-refractivity contribution in [1.29, 1.82) is 0 Å². The van der Waals surface area contributed by atoms with Gasteiger partial charge in [-0.05, 0) is 51.4 Å². The smallest absolute Gasteiger partial charge is 0.250 e. The van der Waals surface area contributed by atoms with Gasteiger partial charge in [0.2, 0.25) is 10.0 Å². The van der Waals surface area contributed by atoms with Crippen LogP contribution in [0.5, 0.6) is 0 Å². The van der Waals surface area contributed by atoms with Gasteiger partial charge in [0.15, 0.2) is 0 Å². The molecule has 2 unspecified atom stereocenters. The van der Waals surface area contributed by atoms with Crippen LogP contribution >= 0.6 is 11.3 Å². The molecule has 0 fully saturated rings. The molecule has 0 saturated carbocycles. The van der Waals surface area contributed by atoms with E-state index in [2.05, 4.69) is 23.9 Å². The van der Waals surface area contributed by atoms with Crippen LogP contribution in [0.2, 0.25) is 0 Å². The maximum Gasteiger partial charge on any atom is 0.250 e. The second kappa shape index (κ2) is 8.12. The maximum absolute atomic E-state index is 12.3. The normalized spacial score (nSPS) is 15.2. The number of sulfonamides is 1. The Kier molecular flexibility index (Phi) is 7.15. The predicted molar refractivity (Wildman–Crippen MR) is 85.8 cm³/mol. The van der Waals surface area contributed by atoms with E-state index in [0.29, 0.717) is 10.1 Å². The van der Waals surface area contributed by atoms with Gasteiger partial charge in [0.25, 0.3) is 0 Å². The molecule has 1 rings (SSSR count). The van der Waals surface area contributed by atoms with Gasteiger partial charge in [-0.3, -0.25) is 0 Å². The highest BCUT2D eigenvalue weighted by Crippen LogP contribution is 2.22. The van der Waals surface area contributed by atoms with E-state index in [0.717, 1.165) is 30.7 Å². The first-order chi connectivity index (χ1) is 9.39. The molecular weight excluding hydrogens is 292 g/mol. The Labute approximate surface area is 127 Å². The van der Waals surface area contributed by atoms with Crippen molar-refractivity contribution < 1.29 is 8.42 Å². The first-order valence-electron chi connectivity index (χ1n) is 7.14. The van der Waals surface area contributed by atoms with Crippen molar-refractivity contribution in [1.82, 2.24) is 10.0 Å². The van der Waals surface area contributed by atoms with Crippen molar-refractivity contribution in [3.63, 3.8) is 0 Å². The van der Waals surface area contributed by atoms with Gasteiger partial charge in [0, 0.05) is 10.9 Å². The summed E-state index contributed by atoms with van der Waals surface area (Å²) in [7, 11) is -1.48. The lowest BCUT2D eigenvalue weighted by Crippen LogP contribution is -2.33. The van der Waals surface area contributed by atoms with Crippen LogP contribution in [-0.4, -0.2) is 28.1 Å². The average Bonchev–Trinajstić information content (AvgIpc) is 2.84. The highest BCUT2D eigenvalue weighted by atomic mass is 32.2. The van der Waals surface area contributed by atoms with E-state index >= 15 is 0 Å². The number of thiophene rings is 1. The molecule has 0 bridgehead atoms. The summed E-state index contributed by atoms with van der Waals surface area (Å²) in [5.41, 5.74) is 0. The van der Waals surface area contributed by atoms with Crippen molar-refractivity contribution in [3.8, 4) is 0 Å². The molecule has 0 aliphatic rings. The molecule has 20 heavy (non-hydrogen) atoms. The number of hydrogen-bond donors (Lipinski definition) is 2. The largest absolute Gasteiger partial charge is 0.319 e. The second-order valence-electron chi connectivity index (χ2n) is 5.35. The first kappa shape index (κ1) is 17.6. The molecule has 1 aromatic heterocycles. The van der Waals surface area contributed by atoms with Crippen LogP contribution in [0.15, 0.2) is 16.3 Å². The molecule has 0 aromatic carbocycles. The monoisotopic (exact) mass is 318 g/mol. The summed E-state index contributed by atoms with van der Waals surface area (Å²) in [5, 5.41) is 3.07. The molecule has 4 nitrogen and oxygen atoms in total. The van der Waals surface area contributed by atoms with Crippen molar-refractivity contribution in [2.24, 2.45) is 5.92 Å². The molecule has 2 N–H and O–H groups in total. The minimum Gasteiger partial charge on any atom is -0.319 e. The molecule has 0 aliphatic carbocycles. The van der Waals surface area contributed by atoms with Crippen LogP contribution in [0, 0.1) is 5.92 Å². The average molecular weight is 319 g/mol. The SMILES string of the molecule is CCC(C)CC(C)NS(=O)(=O)c1ccc(CCNC)s1. The lowest BCUT2D eigenvalue weighted by molar-refractivity contribution is 0.446. The Morgan fingerprint density at radius 3 is 2.60 bits per heavy atom. The first-order valence-corrected chi connectivity index (χ1v) is 9.44. The topological polar surface area (TPSA) is 58.2 Å². The summed E-state index contributed by atoms with van der Waals surface area (Å²) < 4.78 is 27.8. The Morgan fingerprint density at radius 2 is 2.00 bits per heavy atom. The van der Waals surface area contributed by atoms with Crippen molar-refractivity contribution in [3.05, 3.63) is 17.0 Å². The van der Waals surface area contributed by atoms with Crippen LogP contribution in [0.4, 0.5) is 0 Å². The standard InChI is InChI=1S/C14H26N2O2S2/c1-5-11(2)10-12(3)16-20(17,18)14-7-6-13(19-14)8-9-15-4/h6-7,11-12,15-16H,5,8-10H2,1-4H3. The zero-order valence-electron chi connectivity index (χ0n) is 12.8. The molecule has 1 aromatic rings.